The fourth-order valence-corrected chi connectivity index (χ4v) is 4.82. The first kappa shape index (κ1) is 19.9. The number of hydrogen-bond donors (Lipinski definition) is 1. The van der Waals surface area contributed by atoms with Gasteiger partial charge in [0.2, 0.25) is 5.91 Å². The van der Waals surface area contributed by atoms with Crippen molar-refractivity contribution in [1.82, 2.24) is 9.55 Å². The van der Waals surface area contributed by atoms with Crippen molar-refractivity contribution in [3.63, 3.8) is 0 Å². The Morgan fingerprint density at radius 2 is 2.03 bits per heavy atom. The Morgan fingerprint density at radius 1 is 1.28 bits per heavy atom. The predicted molar refractivity (Wildman–Crippen MR) is 106 cm³/mol. The molecular weight excluding hydrogens is 427 g/mol. The monoisotopic (exact) mass is 441 g/mol. The molecule has 0 saturated carbocycles. The second-order valence-corrected chi connectivity index (χ2v) is 8.30. The number of nitrogens with zero attached hydrogens (tertiary/aromatic N) is 2. The highest BCUT2D eigenvalue weighted by atomic mass is 35.5. The summed E-state index contributed by atoms with van der Waals surface area (Å²) in [5.41, 5.74) is -0.409. The molecule has 29 heavy (non-hydrogen) atoms. The van der Waals surface area contributed by atoms with Gasteiger partial charge in [-0.25, -0.2) is 4.98 Å². The average Bonchev–Trinajstić information content (AvgIpc) is 3.04. The molecule has 0 bridgehead atoms. The number of rotatable bonds is 3. The highest BCUT2D eigenvalue weighted by molar-refractivity contribution is 7.18. The third kappa shape index (κ3) is 3.89. The molecule has 2 heterocycles. The van der Waals surface area contributed by atoms with Gasteiger partial charge in [-0.3, -0.25) is 14.2 Å². The Balaban J connectivity index is 1.60. The number of carbonyl (C=O) groups is 1. The quantitative estimate of drug-likeness (QED) is 0.643. The van der Waals surface area contributed by atoms with E-state index in [0.717, 1.165) is 54.3 Å². The van der Waals surface area contributed by atoms with Gasteiger partial charge in [0, 0.05) is 4.88 Å². The lowest BCUT2D eigenvalue weighted by molar-refractivity contribution is -0.137. The molecule has 0 spiro atoms. The zero-order chi connectivity index (χ0) is 20.8. The first-order chi connectivity index (χ1) is 13.7. The van der Waals surface area contributed by atoms with Crippen LogP contribution in [-0.4, -0.2) is 15.5 Å². The lowest BCUT2D eigenvalue weighted by Crippen LogP contribution is -2.28. The number of nitrogens with one attached hydrogen (secondary N) is 1. The molecule has 1 aromatic carbocycles. The van der Waals surface area contributed by atoms with Crippen LogP contribution in [0.1, 0.15) is 28.8 Å². The number of hydrogen-bond acceptors (Lipinski definition) is 4. The van der Waals surface area contributed by atoms with Crippen molar-refractivity contribution < 1.29 is 18.0 Å². The maximum absolute atomic E-state index is 12.9. The van der Waals surface area contributed by atoms with E-state index < -0.39 is 17.6 Å². The first-order valence-corrected chi connectivity index (χ1v) is 10.1. The summed E-state index contributed by atoms with van der Waals surface area (Å²) in [6.45, 7) is -0.376. The minimum absolute atomic E-state index is 0.0285. The number of benzene rings is 1. The van der Waals surface area contributed by atoms with Gasteiger partial charge in [0.15, 0.2) is 0 Å². The van der Waals surface area contributed by atoms with Crippen molar-refractivity contribution >= 4 is 44.7 Å². The molecule has 10 heteroatoms. The molecule has 1 N–H and O–H groups in total. The lowest BCUT2D eigenvalue weighted by Gasteiger charge is -2.12. The molecule has 2 aromatic heterocycles. The van der Waals surface area contributed by atoms with E-state index in [0.29, 0.717) is 10.2 Å². The zero-order valence-corrected chi connectivity index (χ0v) is 16.5. The van der Waals surface area contributed by atoms with Crippen molar-refractivity contribution in [2.75, 3.05) is 5.32 Å². The van der Waals surface area contributed by atoms with Crippen molar-refractivity contribution in [3.8, 4) is 0 Å². The van der Waals surface area contributed by atoms with E-state index in [9.17, 15) is 22.8 Å². The van der Waals surface area contributed by atoms with Gasteiger partial charge >= 0.3 is 6.18 Å². The maximum atomic E-state index is 12.9. The number of halogens is 4. The average molecular weight is 442 g/mol. The normalized spacial score (nSPS) is 14.1. The molecule has 0 unspecified atom stereocenters. The number of aromatic nitrogens is 2. The molecule has 0 atom stereocenters. The number of amides is 1. The Bertz CT molecular complexity index is 1170. The summed E-state index contributed by atoms with van der Waals surface area (Å²) in [6, 6.07) is 2.66. The van der Waals surface area contributed by atoms with Crippen molar-refractivity contribution in [2.24, 2.45) is 0 Å². The Morgan fingerprint density at radius 3 is 2.79 bits per heavy atom. The van der Waals surface area contributed by atoms with Crippen LogP contribution in [0.3, 0.4) is 0 Å². The molecule has 1 aliphatic carbocycles. The molecule has 3 aromatic rings. The molecule has 1 aliphatic rings. The van der Waals surface area contributed by atoms with Crippen LogP contribution in [0.4, 0.5) is 18.9 Å². The van der Waals surface area contributed by atoms with Gasteiger partial charge < -0.3 is 5.32 Å². The van der Waals surface area contributed by atoms with E-state index >= 15 is 0 Å². The fraction of sp³-hybridized carbons (Fsp3) is 0.316. The minimum atomic E-state index is -4.56. The van der Waals surface area contributed by atoms with E-state index in [1.165, 1.54) is 22.2 Å². The van der Waals surface area contributed by atoms with Gasteiger partial charge in [0.05, 0.1) is 28.0 Å². The number of anilines is 1. The highest BCUT2D eigenvalue weighted by Gasteiger charge is 2.31. The van der Waals surface area contributed by atoms with Crippen molar-refractivity contribution in [1.29, 1.82) is 0 Å². The summed E-state index contributed by atoms with van der Waals surface area (Å²) >= 11 is 7.41. The van der Waals surface area contributed by atoms with Gasteiger partial charge in [-0.05, 0) is 49.4 Å². The second-order valence-electron chi connectivity index (χ2n) is 6.81. The minimum Gasteiger partial charge on any atom is -0.323 e. The van der Waals surface area contributed by atoms with Crippen LogP contribution in [-0.2, 0) is 30.4 Å². The van der Waals surface area contributed by atoms with Gasteiger partial charge in [-0.1, -0.05) is 11.6 Å². The van der Waals surface area contributed by atoms with Crippen LogP contribution < -0.4 is 10.9 Å². The second kappa shape index (κ2) is 7.46. The molecule has 5 nitrogen and oxygen atoms in total. The SMILES string of the molecule is O=C(Cn1cnc2sc3c(c2c1=O)CCCC3)Nc1cc(C(F)(F)F)ccc1Cl. The van der Waals surface area contributed by atoms with Crippen LogP contribution in [0.25, 0.3) is 10.2 Å². The lowest BCUT2D eigenvalue weighted by atomic mass is 9.97. The standard InChI is InChI=1S/C19H15ClF3N3O2S/c20-12-6-5-10(19(21,22)23)7-13(12)25-15(27)8-26-9-24-17-16(18(26)28)11-3-1-2-4-14(11)29-17/h5-7,9H,1-4,8H2,(H,25,27). The topological polar surface area (TPSA) is 64.0 Å². The maximum Gasteiger partial charge on any atom is 0.416 e. The fourth-order valence-electron chi connectivity index (χ4n) is 3.44. The molecule has 0 saturated heterocycles. The molecule has 0 radical (unpaired) electrons. The van der Waals surface area contributed by atoms with E-state index in [4.69, 9.17) is 11.6 Å². The van der Waals surface area contributed by atoms with Crippen LogP contribution in [0.2, 0.25) is 5.02 Å². The summed E-state index contributed by atoms with van der Waals surface area (Å²) in [5.74, 6) is -0.668. The Hall–Kier alpha value is -2.39. The van der Waals surface area contributed by atoms with Crippen LogP contribution in [0.15, 0.2) is 29.3 Å². The molecule has 4 rings (SSSR count). The van der Waals surface area contributed by atoms with Crippen molar-refractivity contribution in [2.45, 2.75) is 38.4 Å². The van der Waals surface area contributed by atoms with E-state index in [1.54, 1.807) is 0 Å². The van der Waals surface area contributed by atoms with Crippen LogP contribution in [0.5, 0.6) is 0 Å². The molecular formula is C19H15ClF3N3O2S. The van der Waals surface area contributed by atoms with E-state index in [-0.39, 0.29) is 22.8 Å². The zero-order valence-electron chi connectivity index (χ0n) is 15.0. The summed E-state index contributed by atoms with van der Waals surface area (Å²) in [5, 5.41) is 2.86. The summed E-state index contributed by atoms with van der Waals surface area (Å²) in [7, 11) is 0. The van der Waals surface area contributed by atoms with Gasteiger partial charge in [-0.2, -0.15) is 13.2 Å². The summed E-state index contributed by atoms with van der Waals surface area (Å²) in [6.07, 6.45) is 0.538. The number of aryl methyl sites for hydroxylation is 2. The largest absolute Gasteiger partial charge is 0.416 e. The first-order valence-electron chi connectivity index (χ1n) is 8.90. The summed E-state index contributed by atoms with van der Waals surface area (Å²) < 4.78 is 39.8. The van der Waals surface area contributed by atoms with Crippen LogP contribution in [0, 0.1) is 0 Å². The van der Waals surface area contributed by atoms with E-state index in [2.05, 4.69) is 10.3 Å². The number of alkyl halides is 3. The van der Waals surface area contributed by atoms with Crippen molar-refractivity contribution in [3.05, 3.63) is 55.9 Å². The Kier molecular flexibility index (Phi) is 5.12. The van der Waals surface area contributed by atoms with E-state index in [1.807, 2.05) is 0 Å². The van der Waals surface area contributed by atoms with Gasteiger partial charge in [0.1, 0.15) is 11.4 Å². The smallest absolute Gasteiger partial charge is 0.323 e. The summed E-state index contributed by atoms with van der Waals surface area (Å²) in [4.78, 5) is 31.4. The number of fused-ring (bicyclic) bond motifs is 3. The molecule has 0 aliphatic heterocycles. The highest BCUT2D eigenvalue weighted by Crippen LogP contribution is 2.34. The number of thiophene rings is 1. The molecule has 1 amide bonds. The third-order valence-corrected chi connectivity index (χ3v) is 6.35. The predicted octanol–water partition coefficient (Wildman–Crippen LogP) is 4.65. The van der Waals surface area contributed by atoms with Crippen LogP contribution >= 0.6 is 22.9 Å². The van der Waals surface area contributed by atoms with Gasteiger partial charge in [-0.15, -0.1) is 11.3 Å². The number of carbonyl (C=O) groups excluding carboxylic acids is 1. The molecule has 152 valence electrons. The third-order valence-electron chi connectivity index (χ3n) is 4.82. The Labute approximate surface area is 172 Å². The molecule has 0 fully saturated rings. The van der Waals surface area contributed by atoms with Gasteiger partial charge in [0.25, 0.3) is 5.56 Å².